The molecule has 10 nitrogen and oxygen atoms in total. The summed E-state index contributed by atoms with van der Waals surface area (Å²) >= 11 is 6.35. The van der Waals surface area contributed by atoms with Gasteiger partial charge in [0.05, 0.1) is 21.3 Å². The van der Waals surface area contributed by atoms with Gasteiger partial charge in [0.15, 0.2) is 5.78 Å². The summed E-state index contributed by atoms with van der Waals surface area (Å²) < 4.78 is 0. The highest BCUT2D eigenvalue weighted by Gasteiger charge is 2.36. The second kappa shape index (κ2) is 8.43. The second-order valence-corrected chi connectivity index (χ2v) is 7.36. The van der Waals surface area contributed by atoms with Crippen LogP contribution in [0.25, 0.3) is 6.08 Å². The number of non-ortho nitro benzene ring substituents is 1. The summed E-state index contributed by atoms with van der Waals surface area (Å²) in [6.07, 6.45) is 1.30. The number of rotatable bonds is 6. The first-order chi connectivity index (χ1) is 14.2. The molecule has 1 aliphatic rings. The number of nitro groups is 2. The van der Waals surface area contributed by atoms with Crippen molar-refractivity contribution in [1.82, 2.24) is 4.90 Å². The van der Waals surface area contributed by atoms with Gasteiger partial charge in [-0.1, -0.05) is 17.7 Å². The van der Waals surface area contributed by atoms with Crippen LogP contribution in [0.15, 0.2) is 47.4 Å². The molecule has 2 amide bonds. The maximum atomic E-state index is 12.5. The van der Waals surface area contributed by atoms with Gasteiger partial charge >= 0.3 is 0 Å². The van der Waals surface area contributed by atoms with Gasteiger partial charge in [0.1, 0.15) is 5.02 Å². The van der Waals surface area contributed by atoms with Crippen molar-refractivity contribution in [3.63, 3.8) is 0 Å². The van der Waals surface area contributed by atoms with Crippen LogP contribution in [0.1, 0.15) is 15.9 Å². The minimum atomic E-state index is -0.724. The maximum Gasteiger partial charge on any atom is 0.293 e. The largest absolute Gasteiger partial charge is 0.293 e. The van der Waals surface area contributed by atoms with E-state index >= 15 is 0 Å². The summed E-state index contributed by atoms with van der Waals surface area (Å²) in [7, 11) is 0. The number of hydrogen-bond acceptors (Lipinski definition) is 8. The Morgan fingerprint density at radius 1 is 1.07 bits per heavy atom. The molecule has 1 fully saturated rings. The molecule has 0 aromatic heterocycles. The molecule has 0 atom stereocenters. The van der Waals surface area contributed by atoms with Crippen molar-refractivity contribution in [2.75, 3.05) is 6.54 Å². The minimum absolute atomic E-state index is 0.00637. The Balaban J connectivity index is 1.78. The third-order valence-electron chi connectivity index (χ3n) is 4.04. The van der Waals surface area contributed by atoms with Crippen molar-refractivity contribution >= 4 is 57.7 Å². The number of nitro benzene ring substituents is 2. The first-order valence-corrected chi connectivity index (χ1v) is 9.34. The van der Waals surface area contributed by atoms with E-state index in [1.807, 2.05) is 0 Å². The number of carbonyl (C=O) groups is 3. The fourth-order valence-corrected chi connectivity index (χ4v) is 3.58. The Morgan fingerprint density at radius 2 is 1.73 bits per heavy atom. The number of benzene rings is 2. The highest BCUT2D eigenvalue weighted by atomic mass is 35.5. The molecule has 152 valence electrons. The smallest absolute Gasteiger partial charge is 0.292 e. The van der Waals surface area contributed by atoms with Gasteiger partial charge in [-0.05, 0) is 41.6 Å². The van der Waals surface area contributed by atoms with E-state index in [1.165, 1.54) is 36.4 Å². The number of thioether (sulfide) groups is 1. The average molecular weight is 448 g/mol. The molecule has 0 unspecified atom stereocenters. The standard InChI is InChI=1S/C18H10ClN3O7S/c19-13-6-1-10(7-14(13)22(28)29)8-16-17(24)20(18(25)30-16)9-15(23)11-2-4-12(5-3-11)21(26)27/h1-8H,9H2/b16-8-. The van der Waals surface area contributed by atoms with Gasteiger partial charge < -0.3 is 0 Å². The van der Waals surface area contributed by atoms with Gasteiger partial charge in [-0.25, -0.2) is 0 Å². The maximum absolute atomic E-state index is 12.5. The van der Waals surface area contributed by atoms with Crippen LogP contribution in [0.4, 0.5) is 16.2 Å². The summed E-state index contributed by atoms with van der Waals surface area (Å²) in [5, 5.41) is 20.9. The Bertz CT molecular complexity index is 1130. The molecule has 1 saturated heterocycles. The van der Waals surface area contributed by atoms with E-state index in [4.69, 9.17) is 11.6 Å². The molecule has 0 aliphatic carbocycles. The molecule has 1 aliphatic heterocycles. The van der Waals surface area contributed by atoms with E-state index in [0.29, 0.717) is 17.3 Å². The van der Waals surface area contributed by atoms with Crippen molar-refractivity contribution < 1.29 is 24.2 Å². The van der Waals surface area contributed by atoms with Gasteiger partial charge in [-0.3, -0.25) is 39.5 Å². The lowest BCUT2D eigenvalue weighted by molar-refractivity contribution is -0.385. The summed E-state index contributed by atoms with van der Waals surface area (Å²) in [4.78, 5) is 58.2. The van der Waals surface area contributed by atoms with Crippen LogP contribution in [0.2, 0.25) is 5.02 Å². The van der Waals surface area contributed by atoms with Gasteiger partial charge in [0.2, 0.25) is 0 Å². The van der Waals surface area contributed by atoms with Gasteiger partial charge in [0.25, 0.3) is 22.5 Å². The molecule has 2 aromatic rings. The number of Topliss-reactive ketones (excluding diaryl/α,β-unsaturated/α-hetero) is 1. The number of nitrogens with zero attached hydrogens (tertiary/aromatic N) is 3. The molecule has 0 saturated carbocycles. The highest BCUT2D eigenvalue weighted by molar-refractivity contribution is 8.18. The van der Waals surface area contributed by atoms with Gasteiger partial charge in [-0.2, -0.15) is 0 Å². The van der Waals surface area contributed by atoms with Crippen LogP contribution >= 0.6 is 23.4 Å². The second-order valence-electron chi connectivity index (χ2n) is 5.96. The SMILES string of the molecule is O=C(CN1C(=O)S/C(=C\c2ccc(Cl)c([N+](=O)[O-])c2)C1=O)c1ccc([N+](=O)[O-])cc1. The predicted octanol–water partition coefficient (Wildman–Crippen LogP) is 4.08. The van der Waals surface area contributed by atoms with Crippen LogP contribution in [-0.4, -0.2) is 38.2 Å². The molecule has 12 heteroatoms. The molecule has 0 bridgehead atoms. The Hall–Kier alpha value is -3.57. The lowest BCUT2D eigenvalue weighted by Gasteiger charge is -2.11. The number of imide groups is 1. The molecule has 30 heavy (non-hydrogen) atoms. The fourth-order valence-electron chi connectivity index (χ4n) is 2.55. The van der Waals surface area contributed by atoms with Crippen LogP contribution in [0, 0.1) is 20.2 Å². The Kier molecular flexibility index (Phi) is 5.94. The number of carbonyl (C=O) groups excluding carboxylic acids is 3. The minimum Gasteiger partial charge on any atom is -0.292 e. The van der Waals surface area contributed by atoms with Gasteiger partial charge in [-0.15, -0.1) is 0 Å². The molecule has 0 N–H and O–H groups in total. The number of halogens is 1. The van der Waals surface area contributed by atoms with Crippen molar-refractivity contribution in [3.8, 4) is 0 Å². The third-order valence-corrected chi connectivity index (χ3v) is 5.27. The van der Waals surface area contributed by atoms with E-state index < -0.39 is 33.3 Å². The summed E-state index contributed by atoms with van der Waals surface area (Å²) in [6, 6.07) is 8.69. The Morgan fingerprint density at radius 3 is 2.33 bits per heavy atom. The zero-order chi connectivity index (χ0) is 22.0. The number of amides is 2. The van der Waals surface area contributed by atoms with E-state index in [0.717, 1.165) is 17.0 Å². The molecular weight excluding hydrogens is 438 g/mol. The van der Waals surface area contributed by atoms with Crippen LogP contribution in [0.5, 0.6) is 0 Å². The quantitative estimate of drug-likeness (QED) is 0.279. The van der Waals surface area contributed by atoms with Crippen LogP contribution in [-0.2, 0) is 4.79 Å². The highest BCUT2D eigenvalue weighted by Crippen LogP contribution is 2.34. The zero-order valence-electron chi connectivity index (χ0n) is 14.8. The summed E-state index contributed by atoms with van der Waals surface area (Å²) in [6.45, 7) is -0.541. The zero-order valence-corrected chi connectivity index (χ0v) is 16.4. The lowest BCUT2D eigenvalue weighted by atomic mass is 10.1. The number of hydrogen-bond donors (Lipinski definition) is 0. The van der Waals surface area contributed by atoms with Crippen molar-refractivity contribution in [1.29, 1.82) is 0 Å². The third kappa shape index (κ3) is 4.36. The van der Waals surface area contributed by atoms with Crippen LogP contribution in [0.3, 0.4) is 0 Å². The van der Waals surface area contributed by atoms with E-state index in [2.05, 4.69) is 0 Å². The van der Waals surface area contributed by atoms with Crippen LogP contribution < -0.4 is 0 Å². The first-order valence-electron chi connectivity index (χ1n) is 8.14. The van der Waals surface area contributed by atoms with E-state index in [-0.39, 0.29) is 26.9 Å². The van der Waals surface area contributed by atoms with Crippen molar-refractivity contribution in [2.24, 2.45) is 0 Å². The summed E-state index contributed by atoms with van der Waals surface area (Å²) in [5.74, 6) is -1.30. The van der Waals surface area contributed by atoms with E-state index in [9.17, 15) is 34.6 Å². The Labute approximate surface area is 177 Å². The summed E-state index contributed by atoms with van der Waals surface area (Å²) in [5.41, 5.74) is -0.147. The molecular formula is C18H10ClN3O7S. The topological polar surface area (TPSA) is 141 Å². The monoisotopic (exact) mass is 447 g/mol. The van der Waals surface area contributed by atoms with Crippen molar-refractivity contribution in [3.05, 3.63) is 83.7 Å². The van der Waals surface area contributed by atoms with Gasteiger partial charge in [0, 0.05) is 23.8 Å². The first kappa shape index (κ1) is 21.1. The average Bonchev–Trinajstić information content (AvgIpc) is 2.96. The molecule has 0 spiro atoms. The predicted molar refractivity (Wildman–Crippen MR) is 108 cm³/mol. The molecule has 3 rings (SSSR count). The normalized spacial score (nSPS) is 15.0. The molecule has 1 heterocycles. The molecule has 0 radical (unpaired) electrons. The lowest BCUT2D eigenvalue weighted by Crippen LogP contribution is -2.33. The number of ketones is 1. The fraction of sp³-hybridized carbons (Fsp3) is 0.0556. The van der Waals surface area contributed by atoms with Crippen molar-refractivity contribution in [2.45, 2.75) is 0 Å². The van der Waals surface area contributed by atoms with E-state index in [1.54, 1.807) is 0 Å². The molecule has 2 aromatic carbocycles.